The maximum Gasteiger partial charge on any atom is 0.223 e. The molecule has 2 aliphatic carbocycles. The van der Waals surface area contributed by atoms with Crippen molar-refractivity contribution in [3.63, 3.8) is 0 Å². The Morgan fingerprint density at radius 3 is 2.65 bits per heavy atom. The second-order valence-electron chi connectivity index (χ2n) is 6.41. The standard InChI is InChI=1S/C17H24N2O/c18-11-15(9-12-4-2-1-3-5-12)19-17(20)16-10-13-6-7-14(16)8-13/h1-5,13-16H,6-11,18H2,(H,19,20). The third kappa shape index (κ3) is 2.88. The van der Waals surface area contributed by atoms with Gasteiger partial charge in [-0.15, -0.1) is 0 Å². The van der Waals surface area contributed by atoms with E-state index < -0.39 is 0 Å². The zero-order valence-electron chi connectivity index (χ0n) is 11.9. The van der Waals surface area contributed by atoms with Crippen molar-refractivity contribution in [3.8, 4) is 0 Å². The molecule has 20 heavy (non-hydrogen) atoms. The Hall–Kier alpha value is -1.35. The van der Waals surface area contributed by atoms with Crippen LogP contribution in [-0.4, -0.2) is 18.5 Å². The smallest absolute Gasteiger partial charge is 0.223 e. The van der Waals surface area contributed by atoms with E-state index in [-0.39, 0.29) is 17.9 Å². The van der Waals surface area contributed by atoms with Gasteiger partial charge in [0.2, 0.25) is 5.91 Å². The van der Waals surface area contributed by atoms with Gasteiger partial charge in [-0.3, -0.25) is 4.79 Å². The molecule has 2 bridgehead atoms. The highest BCUT2D eigenvalue weighted by molar-refractivity contribution is 5.79. The van der Waals surface area contributed by atoms with Crippen LogP contribution in [0.1, 0.15) is 31.2 Å². The van der Waals surface area contributed by atoms with Gasteiger partial charge in [0.1, 0.15) is 0 Å². The Kier molecular flexibility index (Phi) is 4.06. The van der Waals surface area contributed by atoms with Crippen LogP contribution < -0.4 is 11.1 Å². The number of hydrogen-bond donors (Lipinski definition) is 2. The van der Waals surface area contributed by atoms with E-state index in [1.165, 1.54) is 24.8 Å². The molecule has 0 spiro atoms. The van der Waals surface area contributed by atoms with Crippen molar-refractivity contribution in [1.29, 1.82) is 0 Å². The summed E-state index contributed by atoms with van der Waals surface area (Å²) in [5.41, 5.74) is 7.06. The Bertz CT molecular complexity index is 459. The fraction of sp³-hybridized carbons (Fsp3) is 0.588. The molecule has 0 saturated heterocycles. The van der Waals surface area contributed by atoms with Gasteiger partial charge in [0.05, 0.1) is 0 Å². The topological polar surface area (TPSA) is 55.1 Å². The zero-order chi connectivity index (χ0) is 13.9. The molecule has 1 amide bonds. The second kappa shape index (κ2) is 5.96. The molecule has 0 aromatic heterocycles. The number of fused-ring (bicyclic) bond motifs is 2. The lowest BCUT2D eigenvalue weighted by Crippen LogP contribution is -2.45. The summed E-state index contributed by atoms with van der Waals surface area (Å²) < 4.78 is 0. The second-order valence-corrected chi connectivity index (χ2v) is 6.41. The maximum atomic E-state index is 12.4. The summed E-state index contributed by atoms with van der Waals surface area (Å²) in [6.45, 7) is 0.501. The Labute approximate surface area is 120 Å². The van der Waals surface area contributed by atoms with Gasteiger partial charge in [0.15, 0.2) is 0 Å². The molecule has 3 heteroatoms. The van der Waals surface area contributed by atoms with Crippen molar-refractivity contribution in [2.75, 3.05) is 6.54 Å². The molecule has 3 nitrogen and oxygen atoms in total. The number of carbonyl (C=O) groups excluding carboxylic acids is 1. The van der Waals surface area contributed by atoms with Crippen LogP contribution in [0.15, 0.2) is 30.3 Å². The van der Waals surface area contributed by atoms with E-state index in [4.69, 9.17) is 5.73 Å². The fourth-order valence-electron chi connectivity index (χ4n) is 3.97. The molecule has 4 unspecified atom stereocenters. The lowest BCUT2D eigenvalue weighted by Gasteiger charge is -2.24. The van der Waals surface area contributed by atoms with Crippen LogP contribution in [0.4, 0.5) is 0 Å². The molecule has 1 aromatic carbocycles. The summed E-state index contributed by atoms with van der Waals surface area (Å²) in [6, 6.07) is 10.3. The Balaban J connectivity index is 1.56. The van der Waals surface area contributed by atoms with E-state index in [2.05, 4.69) is 17.4 Å². The van der Waals surface area contributed by atoms with E-state index in [0.717, 1.165) is 18.8 Å². The highest BCUT2D eigenvalue weighted by Gasteiger charge is 2.43. The van der Waals surface area contributed by atoms with Gasteiger partial charge in [-0.1, -0.05) is 36.8 Å². The summed E-state index contributed by atoms with van der Waals surface area (Å²) in [5, 5.41) is 3.18. The first-order chi connectivity index (χ1) is 9.76. The highest BCUT2D eigenvalue weighted by atomic mass is 16.2. The molecule has 2 fully saturated rings. The number of nitrogens with two attached hydrogens (primary N) is 1. The van der Waals surface area contributed by atoms with E-state index in [1.54, 1.807) is 0 Å². The van der Waals surface area contributed by atoms with E-state index in [0.29, 0.717) is 12.5 Å². The Morgan fingerprint density at radius 1 is 1.25 bits per heavy atom. The summed E-state index contributed by atoms with van der Waals surface area (Å²) in [4.78, 5) is 12.4. The van der Waals surface area contributed by atoms with E-state index in [1.807, 2.05) is 18.2 Å². The van der Waals surface area contributed by atoms with Crippen LogP contribution in [0.3, 0.4) is 0 Å². The SMILES string of the molecule is NCC(Cc1ccccc1)NC(=O)C1CC2CCC1C2. The number of carbonyl (C=O) groups is 1. The first kappa shape index (κ1) is 13.6. The molecule has 0 radical (unpaired) electrons. The van der Waals surface area contributed by atoms with Crippen molar-refractivity contribution in [2.45, 2.75) is 38.1 Å². The van der Waals surface area contributed by atoms with Gasteiger partial charge in [0, 0.05) is 18.5 Å². The van der Waals surface area contributed by atoms with Crippen LogP contribution in [0.25, 0.3) is 0 Å². The number of hydrogen-bond acceptors (Lipinski definition) is 2. The van der Waals surface area contributed by atoms with Gasteiger partial charge in [-0.25, -0.2) is 0 Å². The van der Waals surface area contributed by atoms with Crippen LogP contribution >= 0.6 is 0 Å². The van der Waals surface area contributed by atoms with Crippen molar-refractivity contribution < 1.29 is 4.79 Å². The molecule has 1 aromatic rings. The summed E-state index contributed by atoms with van der Waals surface area (Å²) in [5.74, 6) is 1.93. The largest absolute Gasteiger partial charge is 0.352 e. The molecular formula is C17H24N2O. The fourth-order valence-corrected chi connectivity index (χ4v) is 3.97. The van der Waals surface area contributed by atoms with Gasteiger partial charge in [-0.2, -0.15) is 0 Å². The first-order valence-corrected chi connectivity index (χ1v) is 7.80. The normalized spacial score (nSPS) is 29.4. The van der Waals surface area contributed by atoms with Gasteiger partial charge < -0.3 is 11.1 Å². The predicted octanol–water partition coefficient (Wildman–Crippen LogP) is 2.11. The molecule has 3 rings (SSSR count). The zero-order valence-corrected chi connectivity index (χ0v) is 11.9. The summed E-state index contributed by atoms with van der Waals surface area (Å²) in [7, 11) is 0. The van der Waals surface area contributed by atoms with E-state index >= 15 is 0 Å². The van der Waals surface area contributed by atoms with Gasteiger partial charge in [-0.05, 0) is 43.1 Å². The minimum absolute atomic E-state index is 0.0593. The highest BCUT2D eigenvalue weighted by Crippen LogP contribution is 2.48. The van der Waals surface area contributed by atoms with Crippen molar-refractivity contribution in [2.24, 2.45) is 23.5 Å². The van der Waals surface area contributed by atoms with Crippen LogP contribution in [0, 0.1) is 17.8 Å². The van der Waals surface area contributed by atoms with Crippen molar-refractivity contribution in [1.82, 2.24) is 5.32 Å². The number of amides is 1. The van der Waals surface area contributed by atoms with E-state index in [9.17, 15) is 4.79 Å². The van der Waals surface area contributed by atoms with Crippen molar-refractivity contribution >= 4 is 5.91 Å². The van der Waals surface area contributed by atoms with Gasteiger partial charge in [0.25, 0.3) is 0 Å². The number of rotatable bonds is 5. The quantitative estimate of drug-likeness (QED) is 0.862. The van der Waals surface area contributed by atoms with Crippen LogP contribution in [-0.2, 0) is 11.2 Å². The lowest BCUT2D eigenvalue weighted by molar-refractivity contribution is -0.127. The minimum atomic E-state index is 0.0593. The molecule has 4 atom stereocenters. The molecule has 3 N–H and O–H groups in total. The van der Waals surface area contributed by atoms with Crippen LogP contribution in [0.2, 0.25) is 0 Å². The van der Waals surface area contributed by atoms with Crippen molar-refractivity contribution in [3.05, 3.63) is 35.9 Å². The lowest BCUT2D eigenvalue weighted by atomic mass is 9.88. The summed E-state index contributed by atoms with van der Waals surface area (Å²) in [6.07, 6.45) is 5.76. The third-order valence-corrected chi connectivity index (χ3v) is 5.03. The maximum absolute atomic E-state index is 12.4. The molecule has 0 aliphatic heterocycles. The monoisotopic (exact) mass is 272 g/mol. The average molecular weight is 272 g/mol. The van der Waals surface area contributed by atoms with Gasteiger partial charge >= 0.3 is 0 Å². The average Bonchev–Trinajstić information content (AvgIpc) is 3.10. The predicted molar refractivity (Wildman–Crippen MR) is 80.1 cm³/mol. The number of nitrogens with one attached hydrogen (secondary N) is 1. The molecular weight excluding hydrogens is 248 g/mol. The summed E-state index contributed by atoms with van der Waals surface area (Å²) >= 11 is 0. The third-order valence-electron chi connectivity index (χ3n) is 5.03. The first-order valence-electron chi connectivity index (χ1n) is 7.80. The molecule has 2 saturated carbocycles. The van der Waals surface area contributed by atoms with Crippen LogP contribution in [0.5, 0.6) is 0 Å². The minimum Gasteiger partial charge on any atom is -0.352 e. The molecule has 2 aliphatic rings. The number of benzene rings is 1. The molecule has 108 valence electrons. The molecule has 0 heterocycles. The Morgan fingerprint density at radius 2 is 2.05 bits per heavy atom.